The third kappa shape index (κ3) is 2.82. The van der Waals surface area contributed by atoms with Gasteiger partial charge in [0.15, 0.2) is 23.0 Å². The monoisotopic (exact) mass is 385 g/mol. The zero-order chi connectivity index (χ0) is 19.9. The topological polar surface area (TPSA) is 88.5 Å². The summed E-state index contributed by atoms with van der Waals surface area (Å²) in [6.45, 7) is 1.59. The molecule has 2 aliphatic rings. The second kappa shape index (κ2) is 6.91. The molecule has 1 saturated heterocycles. The summed E-state index contributed by atoms with van der Waals surface area (Å²) in [5, 5.41) is 20.1. The SMILES string of the molecule is COc1ccc(CN2C[C@@H]3c4cccc(OC)c4OC[C@]3(C(=O)O)C2)cc1O. The summed E-state index contributed by atoms with van der Waals surface area (Å²) in [7, 11) is 3.08. The molecule has 7 nitrogen and oxygen atoms in total. The van der Waals surface area contributed by atoms with E-state index < -0.39 is 11.4 Å². The van der Waals surface area contributed by atoms with Crippen LogP contribution in [-0.4, -0.2) is 55.0 Å². The number of carboxylic acid groups (broad SMARTS) is 1. The second-order valence-corrected chi connectivity index (χ2v) is 7.36. The van der Waals surface area contributed by atoms with Crippen molar-refractivity contribution in [2.75, 3.05) is 33.9 Å². The molecule has 0 aliphatic carbocycles. The van der Waals surface area contributed by atoms with E-state index in [9.17, 15) is 15.0 Å². The Morgan fingerprint density at radius 2 is 2.04 bits per heavy atom. The number of carboxylic acids is 1. The van der Waals surface area contributed by atoms with Crippen LogP contribution in [0.5, 0.6) is 23.0 Å². The Labute approximate surface area is 163 Å². The fourth-order valence-corrected chi connectivity index (χ4v) is 4.36. The van der Waals surface area contributed by atoms with Crippen LogP contribution in [0.25, 0.3) is 0 Å². The van der Waals surface area contributed by atoms with E-state index in [-0.39, 0.29) is 18.3 Å². The summed E-state index contributed by atoms with van der Waals surface area (Å²) < 4.78 is 16.4. The number of aromatic hydroxyl groups is 1. The molecule has 0 unspecified atom stereocenters. The van der Waals surface area contributed by atoms with Crippen molar-refractivity contribution in [1.29, 1.82) is 0 Å². The number of fused-ring (bicyclic) bond motifs is 3. The molecule has 0 saturated carbocycles. The molecule has 0 bridgehead atoms. The number of phenolic OH excluding ortho intramolecular Hbond substituents is 1. The molecule has 0 spiro atoms. The highest BCUT2D eigenvalue weighted by molar-refractivity contribution is 5.79. The molecule has 0 amide bonds. The highest BCUT2D eigenvalue weighted by Gasteiger charge is 2.56. The predicted octanol–water partition coefficient (Wildman–Crippen LogP) is 2.47. The van der Waals surface area contributed by atoms with Gasteiger partial charge in [0.05, 0.1) is 14.2 Å². The lowest BCUT2D eigenvalue weighted by Crippen LogP contribution is -2.45. The van der Waals surface area contributed by atoms with E-state index >= 15 is 0 Å². The lowest BCUT2D eigenvalue weighted by Gasteiger charge is -2.36. The molecule has 2 N–H and O–H groups in total. The number of nitrogens with zero attached hydrogens (tertiary/aromatic N) is 1. The molecular weight excluding hydrogens is 362 g/mol. The van der Waals surface area contributed by atoms with Crippen molar-refractivity contribution in [3.63, 3.8) is 0 Å². The van der Waals surface area contributed by atoms with Gasteiger partial charge in [-0.25, -0.2) is 0 Å². The lowest BCUT2D eigenvalue weighted by atomic mass is 9.73. The van der Waals surface area contributed by atoms with Crippen LogP contribution in [0.1, 0.15) is 17.0 Å². The van der Waals surface area contributed by atoms with E-state index in [0.717, 1.165) is 11.1 Å². The van der Waals surface area contributed by atoms with Crippen molar-refractivity contribution in [2.24, 2.45) is 5.41 Å². The Balaban J connectivity index is 1.64. The van der Waals surface area contributed by atoms with Crippen molar-refractivity contribution >= 4 is 5.97 Å². The van der Waals surface area contributed by atoms with Gasteiger partial charge < -0.3 is 24.4 Å². The quantitative estimate of drug-likeness (QED) is 0.817. The first-order valence-electron chi connectivity index (χ1n) is 9.10. The Morgan fingerprint density at radius 3 is 2.71 bits per heavy atom. The molecular formula is C21H23NO6. The van der Waals surface area contributed by atoms with E-state index in [1.54, 1.807) is 19.2 Å². The first-order valence-corrected chi connectivity index (χ1v) is 9.10. The molecule has 2 aromatic carbocycles. The smallest absolute Gasteiger partial charge is 0.315 e. The van der Waals surface area contributed by atoms with Gasteiger partial charge in [0, 0.05) is 31.1 Å². The summed E-state index contributed by atoms with van der Waals surface area (Å²) >= 11 is 0. The van der Waals surface area contributed by atoms with E-state index in [2.05, 4.69) is 4.90 Å². The normalized spacial score (nSPS) is 23.4. The molecule has 1 fully saturated rings. The molecule has 148 valence electrons. The molecule has 0 radical (unpaired) electrons. The number of rotatable bonds is 5. The minimum Gasteiger partial charge on any atom is -0.504 e. The van der Waals surface area contributed by atoms with Gasteiger partial charge in [0.2, 0.25) is 0 Å². The van der Waals surface area contributed by atoms with Gasteiger partial charge >= 0.3 is 5.97 Å². The van der Waals surface area contributed by atoms with E-state index in [1.165, 1.54) is 7.11 Å². The van der Waals surface area contributed by atoms with Gasteiger partial charge in [-0.05, 0) is 23.8 Å². The fourth-order valence-electron chi connectivity index (χ4n) is 4.36. The maximum Gasteiger partial charge on any atom is 0.315 e. The van der Waals surface area contributed by atoms with Crippen LogP contribution in [0.4, 0.5) is 0 Å². The average Bonchev–Trinajstić information content (AvgIpc) is 3.07. The Bertz CT molecular complexity index is 914. The number of carbonyl (C=O) groups is 1. The Hall–Kier alpha value is -2.93. The summed E-state index contributed by atoms with van der Waals surface area (Å²) in [5.74, 6) is 0.686. The summed E-state index contributed by atoms with van der Waals surface area (Å²) in [6.07, 6.45) is 0. The van der Waals surface area contributed by atoms with Gasteiger partial charge in [-0.15, -0.1) is 0 Å². The lowest BCUT2D eigenvalue weighted by molar-refractivity contribution is -0.152. The number of benzene rings is 2. The van der Waals surface area contributed by atoms with E-state index in [0.29, 0.717) is 36.9 Å². The first-order chi connectivity index (χ1) is 13.5. The van der Waals surface area contributed by atoms with E-state index in [4.69, 9.17) is 14.2 Å². The fraction of sp³-hybridized carbons (Fsp3) is 0.381. The summed E-state index contributed by atoms with van der Waals surface area (Å²) in [6, 6.07) is 10.8. The van der Waals surface area contributed by atoms with Crippen molar-refractivity contribution < 1.29 is 29.2 Å². The molecule has 28 heavy (non-hydrogen) atoms. The number of methoxy groups -OCH3 is 2. The highest BCUT2D eigenvalue weighted by Crippen LogP contribution is 2.52. The maximum absolute atomic E-state index is 12.3. The van der Waals surface area contributed by atoms with Crippen LogP contribution in [-0.2, 0) is 11.3 Å². The van der Waals surface area contributed by atoms with Crippen molar-refractivity contribution in [2.45, 2.75) is 12.5 Å². The number of ether oxygens (including phenoxy) is 3. The minimum atomic E-state index is -1.01. The van der Waals surface area contributed by atoms with Crippen LogP contribution < -0.4 is 14.2 Å². The number of aliphatic carboxylic acids is 1. The molecule has 0 aromatic heterocycles. The summed E-state index contributed by atoms with van der Waals surface area (Å²) in [4.78, 5) is 14.4. The number of hydrogen-bond donors (Lipinski definition) is 2. The van der Waals surface area contributed by atoms with Gasteiger partial charge in [-0.2, -0.15) is 0 Å². The number of hydrogen-bond acceptors (Lipinski definition) is 6. The van der Waals surface area contributed by atoms with Crippen LogP contribution in [0.2, 0.25) is 0 Å². The largest absolute Gasteiger partial charge is 0.504 e. The van der Waals surface area contributed by atoms with Gasteiger partial charge in [-0.3, -0.25) is 9.69 Å². The molecule has 7 heteroatoms. The number of likely N-dealkylation sites (tertiary alicyclic amines) is 1. The van der Waals surface area contributed by atoms with Crippen LogP contribution in [0.3, 0.4) is 0 Å². The third-order valence-electron chi connectivity index (χ3n) is 5.77. The summed E-state index contributed by atoms with van der Waals surface area (Å²) in [5.41, 5.74) is 0.755. The molecule has 2 atom stereocenters. The van der Waals surface area contributed by atoms with E-state index in [1.807, 2.05) is 24.3 Å². The van der Waals surface area contributed by atoms with Crippen molar-refractivity contribution in [1.82, 2.24) is 4.90 Å². The highest BCUT2D eigenvalue weighted by atomic mass is 16.5. The van der Waals surface area contributed by atoms with Gasteiger partial charge in [0.25, 0.3) is 0 Å². The zero-order valence-corrected chi connectivity index (χ0v) is 15.8. The van der Waals surface area contributed by atoms with Crippen LogP contribution >= 0.6 is 0 Å². The Kier molecular flexibility index (Phi) is 4.55. The third-order valence-corrected chi connectivity index (χ3v) is 5.77. The van der Waals surface area contributed by atoms with Crippen molar-refractivity contribution in [3.05, 3.63) is 47.5 Å². The molecule has 2 aliphatic heterocycles. The second-order valence-electron chi connectivity index (χ2n) is 7.36. The number of para-hydroxylation sites is 1. The maximum atomic E-state index is 12.3. The average molecular weight is 385 g/mol. The van der Waals surface area contributed by atoms with Crippen LogP contribution in [0, 0.1) is 5.41 Å². The Morgan fingerprint density at radius 1 is 1.25 bits per heavy atom. The first kappa shape index (κ1) is 18.4. The molecule has 2 aromatic rings. The molecule has 2 heterocycles. The number of phenols is 1. The van der Waals surface area contributed by atoms with Crippen molar-refractivity contribution in [3.8, 4) is 23.0 Å². The van der Waals surface area contributed by atoms with Gasteiger partial charge in [0.1, 0.15) is 12.0 Å². The molecule has 4 rings (SSSR count). The zero-order valence-electron chi connectivity index (χ0n) is 15.8. The minimum absolute atomic E-state index is 0.0722. The predicted molar refractivity (Wildman–Crippen MR) is 101 cm³/mol. The standard InChI is InChI=1S/C21H23NO6/c1-26-17-7-6-13(8-16(17)23)9-22-10-15-14-4-3-5-18(27-2)19(14)28-12-21(15,11-22)20(24)25/h3-8,15,23H,9-12H2,1-2H3,(H,24,25)/t15-,21-/m1/s1. The van der Waals surface area contributed by atoms with Crippen LogP contribution in [0.15, 0.2) is 36.4 Å². The van der Waals surface area contributed by atoms with Gasteiger partial charge in [-0.1, -0.05) is 18.2 Å².